The molecule has 0 aliphatic carbocycles. The number of hydrogen-bond acceptors (Lipinski definition) is 3. The second kappa shape index (κ2) is 8.24. The number of benzene rings is 1. The van der Waals surface area contributed by atoms with Gasteiger partial charge in [0.2, 0.25) is 0 Å². The molecule has 6 heteroatoms. The average Bonchev–Trinajstić information content (AvgIpc) is 2.40. The smallest absolute Gasteiger partial charge is 0.407 e. The Morgan fingerprint density at radius 3 is 2.39 bits per heavy atom. The maximum absolute atomic E-state index is 13.2. The first-order valence-electron chi connectivity index (χ1n) is 7.72. The molecule has 0 radical (unpaired) electrons. The van der Waals surface area contributed by atoms with Gasteiger partial charge in [0.15, 0.2) is 11.6 Å². The van der Waals surface area contributed by atoms with Gasteiger partial charge < -0.3 is 15.4 Å². The first kappa shape index (κ1) is 19.4. The van der Waals surface area contributed by atoms with Crippen molar-refractivity contribution in [3.63, 3.8) is 0 Å². The highest BCUT2D eigenvalue weighted by molar-refractivity contribution is 5.67. The zero-order valence-electron chi connectivity index (χ0n) is 14.4. The maximum Gasteiger partial charge on any atom is 0.407 e. The molecule has 0 fully saturated rings. The van der Waals surface area contributed by atoms with E-state index in [1.807, 2.05) is 13.8 Å². The lowest BCUT2D eigenvalue weighted by molar-refractivity contribution is 0.0519. The van der Waals surface area contributed by atoms with E-state index in [1.165, 1.54) is 12.1 Å². The van der Waals surface area contributed by atoms with E-state index in [9.17, 15) is 13.6 Å². The van der Waals surface area contributed by atoms with Crippen LogP contribution in [0, 0.1) is 17.6 Å². The molecule has 4 nitrogen and oxygen atoms in total. The summed E-state index contributed by atoms with van der Waals surface area (Å²) in [6.45, 7) is 10.2. The Morgan fingerprint density at radius 1 is 1.22 bits per heavy atom. The number of carbonyl (C=O) groups excluding carboxylic acids is 1. The molecule has 0 aliphatic rings. The Bertz CT molecular complexity index is 528. The molecule has 1 aromatic rings. The number of ether oxygens (including phenoxy) is 1. The van der Waals surface area contributed by atoms with E-state index in [2.05, 4.69) is 10.6 Å². The van der Waals surface area contributed by atoms with Crippen LogP contribution in [0.1, 0.15) is 40.2 Å². The van der Waals surface area contributed by atoms with Gasteiger partial charge >= 0.3 is 6.09 Å². The molecule has 0 saturated heterocycles. The van der Waals surface area contributed by atoms with Crippen molar-refractivity contribution < 1.29 is 18.3 Å². The van der Waals surface area contributed by atoms with E-state index in [4.69, 9.17) is 4.74 Å². The van der Waals surface area contributed by atoms with Crippen LogP contribution in [0.4, 0.5) is 13.6 Å². The van der Waals surface area contributed by atoms with Crippen molar-refractivity contribution in [3.8, 4) is 0 Å². The monoisotopic (exact) mass is 328 g/mol. The fourth-order valence-electron chi connectivity index (χ4n) is 1.95. The number of carbonyl (C=O) groups is 1. The number of amides is 1. The summed E-state index contributed by atoms with van der Waals surface area (Å²) in [4.78, 5) is 11.7. The quantitative estimate of drug-likeness (QED) is 0.839. The van der Waals surface area contributed by atoms with E-state index in [0.29, 0.717) is 18.7 Å². The molecule has 1 amide bonds. The van der Waals surface area contributed by atoms with Gasteiger partial charge in [-0.15, -0.1) is 0 Å². The topological polar surface area (TPSA) is 50.4 Å². The largest absolute Gasteiger partial charge is 0.444 e. The lowest BCUT2D eigenvalue weighted by Gasteiger charge is -2.25. The lowest BCUT2D eigenvalue weighted by Crippen LogP contribution is -2.45. The fourth-order valence-corrected chi connectivity index (χ4v) is 1.95. The Labute approximate surface area is 136 Å². The van der Waals surface area contributed by atoms with Gasteiger partial charge in [0.05, 0.1) is 0 Å². The average molecular weight is 328 g/mol. The Morgan fingerprint density at radius 2 is 1.87 bits per heavy atom. The van der Waals surface area contributed by atoms with Crippen LogP contribution in [0.2, 0.25) is 0 Å². The molecule has 0 aromatic heterocycles. The van der Waals surface area contributed by atoms with Crippen LogP contribution in [0.5, 0.6) is 0 Å². The van der Waals surface area contributed by atoms with Crippen molar-refractivity contribution in [3.05, 3.63) is 35.4 Å². The Balaban J connectivity index is 2.52. The second-order valence-corrected chi connectivity index (χ2v) is 6.86. The summed E-state index contributed by atoms with van der Waals surface area (Å²) in [5.74, 6) is -1.48. The summed E-state index contributed by atoms with van der Waals surface area (Å²) in [6, 6.07) is 3.79. The van der Waals surface area contributed by atoms with Gasteiger partial charge in [0.25, 0.3) is 0 Å². The van der Waals surface area contributed by atoms with Crippen LogP contribution >= 0.6 is 0 Å². The van der Waals surface area contributed by atoms with Crippen molar-refractivity contribution in [1.29, 1.82) is 0 Å². The minimum Gasteiger partial charge on any atom is -0.444 e. The van der Waals surface area contributed by atoms with Crippen molar-refractivity contribution in [2.45, 2.75) is 52.8 Å². The molecule has 23 heavy (non-hydrogen) atoms. The van der Waals surface area contributed by atoms with Gasteiger partial charge in [-0.3, -0.25) is 0 Å². The molecule has 2 N–H and O–H groups in total. The third-order valence-electron chi connectivity index (χ3n) is 3.22. The highest BCUT2D eigenvalue weighted by Gasteiger charge is 2.19. The molecule has 1 atom stereocenters. The molecule has 0 heterocycles. The molecule has 0 saturated carbocycles. The van der Waals surface area contributed by atoms with E-state index in [-0.39, 0.29) is 12.0 Å². The molecule has 0 aliphatic heterocycles. The summed E-state index contributed by atoms with van der Waals surface area (Å²) >= 11 is 0. The second-order valence-electron chi connectivity index (χ2n) is 6.86. The standard InChI is InChI=1S/C17H26F2N2O2/c1-11(2)15(10-21-16(22)23-17(3,4)5)20-9-12-6-7-13(18)14(19)8-12/h6-8,11,15,20H,9-10H2,1-5H3,(H,21,22). The van der Waals surface area contributed by atoms with Crippen LogP contribution in [0.25, 0.3) is 0 Å². The molecule has 1 unspecified atom stereocenters. The predicted molar refractivity (Wildman–Crippen MR) is 86.1 cm³/mol. The number of hydrogen-bond donors (Lipinski definition) is 2. The molecule has 1 aromatic carbocycles. The molecule has 1 rings (SSSR count). The lowest BCUT2D eigenvalue weighted by atomic mass is 10.0. The van der Waals surface area contributed by atoms with Gasteiger partial charge in [-0.25, -0.2) is 13.6 Å². The number of alkyl carbamates (subject to hydrolysis) is 1. The third kappa shape index (κ3) is 7.41. The first-order valence-corrected chi connectivity index (χ1v) is 7.72. The number of halogens is 2. The Kier molecular flexibility index (Phi) is 6.94. The van der Waals surface area contributed by atoms with Crippen LogP contribution in [0.15, 0.2) is 18.2 Å². The van der Waals surface area contributed by atoms with Crippen LogP contribution < -0.4 is 10.6 Å². The fraction of sp³-hybridized carbons (Fsp3) is 0.588. The molecular weight excluding hydrogens is 302 g/mol. The normalized spacial score (nSPS) is 13.0. The first-order chi connectivity index (χ1) is 10.6. The van der Waals surface area contributed by atoms with Crippen LogP contribution in [-0.4, -0.2) is 24.3 Å². The van der Waals surface area contributed by atoms with Crippen molar-refractivity contribution in [2.24, 2.45) is 5.92 Å². The minimum atomic E-state index is -0.864. The minimum absolute atomic E-state index is 0.0179. The zero-order valence-corrected chi connectivity index (χ0v) is 14.4. The van der Waals surface area contributed by atoms with Gasteiger partial charge in [-0.2, -0.15) is 0 Å². The van der Waals surface area contributed by atoms with E-state index in [1.54, 1.807) is 20.8 Å². The predicted octanol–water partition coefficient (Wildman–Crippen LogP) is 3.60. The number of rotatable bonds is 6. The molecule has 0 bridgehead atoms. The molecule has 0 spiro atoms. The third-order valence-corrected chi connectivity index (χ3v) is 3.22. The Hall–Kier alpha value is -1.69. The highest BCUT2D eigenvalue weighted by atomic mass is 19.2. The van der Waals surface area contributed by atoms with Crippen molar-refractivity contribution in [1.82, 2.24) is 10.6 Å². The van der Waals surface area contributed by atoms with Gasteiger partial charge in [0.1, 0.15) is 5.60 Å². The maximum atomic E-state index is 13.2. The van der Waals surface area contributed by atoms with Crippen LogP contribution in [-0.2, 0) is 11.3 Å². The summed E-state index contributed by atoms with van der Waals surface area (Å²) in [5.41, 5.74) is 0.100. The van der Waals surface area contributed by atoms with Gasteiger partial charge in [-0.05, 0) is 44.4 Å². The molecular formula is C17H26F2N2O2. The van der Waals surface area contributed by atoms with E-state index < -0.39 is 23.3 Å². The van der Waals surface area contributed by atoms with E-state index in [0.717, 1.165) is 6.07 Å². The van der Waals surface area contributed by atoms with E-state index >= 15 is 0 Å². The number of nitrogens with one attached hydrogen (secondary N) is 2. The van der Waals surface area contributed by atoms with Gasteiger partial charge in [-0.1, -0.05) is 19.9 Å². The van der Waals surface area contributed by atoms with Crippen LogP contribution in [0.3, 0.4) is 0 Å². The van der Waals surface area contributed by atoms with Gasteiger partial charge in [0, 0.05) is 19.1 Å². The highest BCUT2D eigenvalue weighted by Crippen LogP contribution is 2.10. The summed E-state index contributed by atoms with van der Waals surface area (Å²) in [7, 11) is 0. The molecule has 130 valence electrons. The summed E-state index contributed by atoms with van der Waals surface area (Å²) < 4.78 is 31.3. The zero-order chi connectivity index (χ0) is 17.6. The summed E-state index contributed by atoms with van der Waals surface area (Å²) in [6.07, 6.45) is -0.474. The SMILES string of the molecule is CC(C)C(CNC(=O)OC(C)(C)C)NCc1ccc(F)c(F)c1. The summed E-state index contributed by atoms with van der Waals surface area (Å²) in [5, 5.41) is 5.96. The van der Waals surface area contributed by atoms with Crippen molar-refractivity contribution in [2.75, 3.05) is 6.54 Å². The van der Waals surface area contributed by atoms with Crippen molar-refractivity contribution >= 4 is 6.09 Å².